The SMILES string of the molecule is CCCN(CCN1CCN(c2ccc3[nH]ccc3c2)CC1)[C@@H]1CCc2nc(N)sc2C1. The molecule has 31 heavy (non-hydrogen) atoms. The molecule has 1 aromatic carbocycles. The average molecular weight is 439 g/mol. The Labute approximate surface area is 189 Å². The number of nitrogen functional groups attached to an aromatic ring is 1. The van der Waals surface area contributed by atoms with Crippen LogP contribution in [-0.4, -0.2) is 71.6 Å². The zero-order chi connectivity index (χ0) is 21.2. The molecule has 3 N–H and O–H groups in total. The Morgan fingerprint density at radius 3 is 2.90 bits per heavy atom. The van der Waals surface area contributed by atoms with Gasteiger partial charge >= 0.3 is 0 Å². The summed E-state index contributed by atoms with van der Waals surface area (Å²) in [7, 11) is 0. The number of nitrogens with two attached hydrogens (primary N) is 1. The van der Waals surface area contributed by atoms with Crippen LogP contribution in [0.2, 0.25) is 0 Å². The first-order chi connectivity index (χ1) is 15.2. The molecule has 0 saturated carbocycles. The topological polar surface area (TPSA) is 64.4 Å². The van der Waals surface area contributed by atoms with Crippen molar-refractivity contribution in [1.29, 1.82) is 0 Å². The third-order valence-electron chi connectivity index (χ3n) is 6.94. The summed E-state index contributed by atoms with van der Waals surface area (Å²) in [6.45, 7) is 10.3. The summed E-state index contributed by atoms with van der Waals surface area (Å²) in [5.41, 5.74) is 9.77. The molecule has 0 spiro atoms. The fourth-order valence-electron chi connectivity index (χ4n) is 5.19. The second-order valence-corrected chi connectivity index (χ2v) is 10.0. The highest BCUT2D eigenvalue weighted by Crippen LogP contribution is 2.30. The Bertz CT molecular complexity index is 1000. The van der Waals surface area contributed by atoms with Gasteiger partial charge in [0.1, 0.15) is 0 Å². The van der Waals surface area contributed by atoms with Crippen LogP contribution in [-0.2, 0) is 12.8 Å². The van der Waals surface area contributed by atoms with Crippen LogP contribution < -0.4 is 10.6 Å². The highest BCUT2D eigenvalue weighted by molar-refractivity contribution is 7.15. The molecule has 7 heteroatoms. The molecule has 166 valence electrons. The van der Waals surface area contributed by atoms with E-state index in [1.165, 1.54) is 53.1 Å². The zero-order valence-electron chi connectivity index (χ0n) is 18.5. The Balaban J connectivity index is 1.14. The molecule has 3 heterocycles. The van der Waals surface area contributed by atoms with Gasteiger partial charge in [-0.05, 0) is 56.5 Å². The molecule has 2 aromatic heterocycles. The van der Waals surface area contributed by atoms with Crippen LogP contribution in [0.15, 0.2) is 30.5 Å². The van der Waals surface area contributed by atoms with E-state index in [-0.39, 0.29) is 0 Å². The van der Waals surface area contributed by atoms with Crippen LogP contribution in [0, 0.1) is 0 Å². The standard InChI is InChI=1S/C24H34N6S/c1-2-9-29(20-4-6-22-23(17-20)31-24(25)27-22)13-10-28-11-14-30(15-12-28)19-3-5-21-18(16-19)7-8-26-21/h3,5,7-8,16,20,26H,2,4,6,9-15,17H2,1H3,(H2,25,27)/t20-/m1/s1. The molecular weight excluding hydrogens is 404 g/mol. The molecule has 0 radical (unpaired) electrons. The lowest BCUT2D eigenvalue weighted by Gasteiger charge is -2.39. The van der Waals surface area contributed by atoms with Gasteiger partial charge in [0, 0.05) is 73.0 Å². The molecule has 2 aliphatic rings. The predicted molar refractivity (Wildman–Crippen MR) is 131 cm³/mol. The van der Waals surface area contributed by atoms with E-state index in [2.05, 4.69) is 55.9 Å². The molecule has 0 bridgehead atoms. The van der Waals surface area contributed by atoms with Crippen molar-refractivity contribution >= 4 is 33.1 Å². The molecule has 1 aliphatic carbocycles. The molecule has 6 nitrogen and oxygen atoms in total. The summed E-state index contributed by atoms with van der Waals surface area (Å²) in [4.78, 5) is 17.1. The Kier molecular flexibility index (Phi) is 6.16. The maximum absolute atomic E-state index is 5.95. The highest BCUT2D eigenvalue weighted by atomic mass is 32.1. The second kappa shape index (κ2) is 9.18. The highest BCUT2D eigenvalue weighted by Gasteiger charge is 2.27. The molecule has 5 rings (SSSR count). The van der Waals surface area contributed by atoms with Crippen molar-refractivity contribution < 1.29 is 0 Å². The van der Waals surface area contributed by atoms with Gasteiger partial charge in [0.15, 0.2) is 5.13 Å². The van der Waals surface area contributed by atoms with E-state index in [1.807, 2.05) is 6.20 Å². The van der Waals surface area contributed by atoms with Gasteiger partial charge in [-0.2, -0.15) is 0 Å². The third-order valence-corrected chi connectivity index (χ3v) is 7.88. The Hall–Kier alpha value is -2.09. The third kappa shape index (κ3) is 4.59. The van der Waals surface area contributed by atoms with Crippen molar-refractivity contribution in [3.63, 3.8) is 0 Å². The van der Waals surface area contributed by atoms with E-state index in [9.17, 15) is 0 Å². The van der Waals surface area contributed by atoms with E-state index >= 15 is 0 Å². The monoisotopic (exact) mass is 438 g/mol. The molecule has 1 fully saturated rings. The van der Waals surface area contributed by atoms with Crippen LogP contribution in [0.3, 0.4) is 0 Å². The van der Waals surface area contributed by atoms with Crippen molar-refractivity contribution in [1.82, 2.24) is 19.8 Å². The van der Waals surface area contributed by atoms with Crippen LogP contribution >= 0.6 is 11.3 Å². The van der Waals surface area contributed by atoms with Gasteiger partial charge in [-0.15, -0.1) is 11.3 Å². The normalized spacial score (nSPS) is 19.9. The minimum absolute atomic E-state index is 0.640. The summed E-state index contributed by atoms with van der Waals surface area (Å²) >= 11 is 1.70. The smallest absolute Gasteiger partial charge is 0.180 e. The van der Waals surface area contributed by atoms with Gasteiger partial charge in [0.25, 0.3) is 0 Å². The van der Waals surface area contributed by atoms with E-state index < -0.39 is 0 Å². The van der Waals surface area contributed by atoms with Gasteiger partial charge in [-0.25, -0.2) is 4.98 Å². The molecule has 3 aromatic rings. The minimum atomic E-state index is 0.640. The number of nitrogens with zero attached hydrogens (tertiary/aromatic N) is 4. The molecule has 0 amide bonds. The minimum Gasteiger partial charge on any atom is -0.375 e. The number of hydrogen-bond acceptors (Lipinski definition) is 6. The first-order valence-electron chi connectivity index (χ1n) is 11.7. The fraction of sp³-hybridized carbons (Fsp3) is 0.542. The van der Waals surface area contributed by atoms with Crippen LogP contribution in [0.1, 0.15) is 30.3 Å². The quantitative estimate of drug-likeness (QED) is 0.590. The van der Waals surface area contributed by atoms with Crippen LogP contribution in [0.5, 0.6) is 0 Å². The number of H-pyrrole nitrogens is 1. The van der Waals surface area contributed by atoms with Crippen molar-refractivity contribution in [2.24, 2.45) is 0 Å². The number of hydrogen-bond donors (Lipinski definition) is 2. The van der Waals surface area contributed by atoms with Gasteiger partial charge in [0.05, 0.1) is 5.69 Å². The number of piperazine rings is 1. The summed E-state index contributed by atoms with van der Waals surface area (Å²) < 4.78 is 0. The number of aromatic amines is 1. The number of aromatic nitrogens is 2. The van der Waals surface area contributed by atoms with Gasteiger partial charge < -0.3 is 15.6 Å². The number of aryl methyl sites for hydroxylation is 1. The van der Waals surface area contributed by atoms with E-state index in [0.717, 1.165) is 50.7 Å². The Morgan fingerprint density at radius 1 is 1.19 bits per heavy atom. The molecule has 1 atom stereocenters. The van der Waals surface area contributed by atoms with E-state index in [1.54, 1.807) is 11.3 Å². The number of anilines is 2. The summed E-state index contributed by atoms with van der Waals surface area (Å²) in [6, 6.07) is 9.56. The molecular formula is C24H34N6S. The van der Waals surface area contributed by atoms with Gasteiger partial charge in [-0.3, -0.25) is 9.80 Å². The lowest BCUT2D eigenvalue weighted by molar-refractivity contribution is 0.146. The first-order valence-corrected chi connectivity index (χ1v) is 12.5. The Morgan fingerprint density at radius 2 is 2.06 bits per heavy atom. The number of rotatable bonds is 7. The zero-order valence-corrected chi connectivity index (χ0v) is 19.3. The van der Waals surface area contributed by atoms with Gasteiger partial charge in [0.2, 0.25) is 0 Å². The second-order valence-electron chi connectivity index (χ2n) is 8.93. The van der Waals surface area contributed by atoms with Crippen molar-refractivity contribution in [3.05, 3.63) is 41.0 Å². The van der Waals surface area contributed by atoms with E-state index in [0.29, 0.717) is 6.04 Å². The van der Waals surface area contributed by atoms with Crippen molar-refractivity contribution in [2.75, 3.05) is 56.4 Å². The number of nitrogens with one attached hydrogen (secondary N) is 1. The molecule has 0 unspecified atom stereocenters. The number of benzene rings is 1. The number of thiazole rings is 1. The summed E-state index contributed by atoms with van der Waals surface area (Å²) in [5.74, 6) is 0. The first kappa shape index (κ1) is 20.8. The molecule has 1 saturated heterocycles. The largest absolute Gasteiger partial charge is 0.375 e. The lowest BCUT2D eigenvalue weighted by atomic mass is 9.96. The molecule has 1 aliphatic heterocycles. The number of fused-ring (bicyclic) bond motifs is 2. The van der Waals surface area contributed by atoms with Crippen molar-refractivity contribution in [3.8, 4) is 0 Å². The van der Waals surface area contributed by atoms with Crippen molar-refractivity contribution in [2.45, 2.75) is 38.6 Å². The summed E-state index contributed by atoms with van der Waals surface area (Å²) in [6.07, 6.45) is 6.65. The maximum atomic E-state index is 5.95. The van der Waals surface area contributed by atoms with Crippen LogP contribution in [0.4, 0.5) is 10.8 Å². The van der Waals surface area contributed by atoms with Gasteiger partial charge in [-0.1, -0.05) is 6.92 Å². The lowest BCUT2D eigenvalue weighted by Crippen LogP contribution is -2.50. The summed E-state index contributed by atoms with van der Waals surface area (Å²) in [5, 5.41) is 2.04. The van der Waals surface area contributed by atoms with E-state index in [4.69, 9.17) is 5.73 Å². The fourth-order valence-corrected chi connectivity index (χ4v) is 6.14. The maximum Gasteiger partial charge on any atom is 0.180 e. The predicted octanol–water partition coefficient (Wildman–Crippen LogP) is 3.60. The average Bonchev–Trinajstić information content (AvgIpc) is 3.41. The van der Waals surface area contributed by atoms with Crippen LogP contribution in [0.25, 0.3) is 10.9 Å².